The number of carbonyl (C=O) groups is 2. The summed E-state index contributed by atoms with van der Waals surface area (Å²) in [7, 11) is -3.06. The molecule has 2 unspecified atom stereocenters. The lowest BCUT2D eigenvalue weighted by Crippen LogP contribution is -2.42. The maximum atomic E-state index is 13.1. The van der Waals surface area contributed by atoms with Crippen molar-refractivity contribution >= 4 is 21.7 Å². The maximum absolute atomic E-state index is 13.1. The van der Waals surface area contributed by atoms with Crippen molar-refractivity contribution in [2.45, 2.75) is 44.6 Å². The zero-order valence-electron chi connectivity index (χ0n) is 14.8. The number of amides is 2. The summed E-state index contributed by atoms with van der Waals surface area (Å²) in [6.07, 6.45) is 2.28. The number of nitrogens with one attached hydrogen (secondary N) is 2. The number of sulfone groups is 1. The van der Waals surface area contributed by atoms with E-state index in [1.807, 2.05) is 6.92 Å². The molecule has 6 nitrogen and oxygen atoms in total. The topological polar surface area (TPSA) is 92.3 Å². The van der Waals surface area contributed by atoms with E-state index in [0.29, 0.717) is 6.42 Å². The van der Waals surface area contributed by atoms with E-state index in [2.05, 4.69) is 10.6 Å². The summed E-state index contributed by atoms with van der Waals surface area (Å²) in [5.74, 6) is -0.977. The first-order valence-electron chi connectivity index (χ1n) is 8.81. The highest BCUT2D eigenvalue weighted by Crippen LogP contribution is 2.25. The number of benzene rings is 1. The van der Waals surface area contributed by atoms with Crippen molar-refractivity contribution in [3.63, 3.8) is 0 Å². The van der Waals surface area contributed by atoms with Gasteiger partial charge in [0.05, 0.1) is 18.1 Å². The van der Waals surface area contributed by atoms with E-state index in [1.165, 1.54) is 12.1 Å². The van der Waals surface area contributed by atoms with Gasteiger partial charge in [0.15, 0.2) is 9.84 Å². The molecule has 1 aliphatic rings. The molecule has 0 spiro atoms. The largest absolute Gasteiger partial charge is 0.351 e. The second kappa shape index (κ2) is 9.12. The van der Waals surface area contributed by atoms with Crippen LogP contribution in [0.3, 0.4) is 0 Å². The minimum absolute atomic E-state index is 0.0383. The summed E-state index contributed by atoms with van der Waals surface area (Å²) < 4.78 is 35.8. The Bertz CT molecular complexity index is 734. The van der Waals surface area contributed by atoms with E-state index < -0.39 is 15.7 Å². The van der Waals surface area contributed by atoms with Crippen molar-refractivity contribution in [3.05, 3.63) is 35.6 Å². The van der Waals surface area contributed by atoms with Crippen molar-refractivity contribution in [1.82, 2.24) is 10.6 Å². The molecule has 1 aromatic carbocycles. The SMILES string of the molecule is CCCC(CC(=O)NCC(=O)NC1CCS(=O)(=O)C1)c1ccc(F)cc1. The van der Waals surface area contributed by atoms with Crippen LogP contribution in [0.25, 0.3) is 0 Å². The highest BCUT2D eigenvalue weighted by molar-refractivity contribution is 7.91. The van der Waals surface area contributed by atoms with Crippen LogP contribution in [0, 0.1) is 5.82 Å². The maximum Gasteiger partial charge on any atom is 0.239 e. The molecule has 0 bridgehead atoms. The lowest BCUT2D eigenvalue weighted by Gasteiger charge is -2.17. The fourth-order valence-corrected chi connectivity index (χ4v) is 4.81. The number of rotatable bonds is 8. The first-order valence-corrected chi connectivity index (χ1v) is 10.6. The highest BCUT2D eigenvalue weighted by atomic mass is 32.2. The normalized spacial score (nSPS) is 19.7. The molecule has 0 radical (unpaired) electrons. The van der Waals surface area contributed by atoms with Gasteiger partial charge in [-0.05, 0) is 36.5 Å². The molecule has 1 aliphatic heterocycles. The van der Waals surface area contributed by atoms with E-state index in [0.717, 1.165) is 18.4 Å². The van der Waals surface area contributed by atoms with Crippen molar-refractivity contribution in [1.29, 1.82) is 0 Å². The summed E-state index contributed by atoms with van der Waals surface area (Å²) in [4.78, 5) is 24.0. The quantitative estimate of drug-likeness (QED) is 0.711. The highest BCUT2D eigenvalue weighted by Gasteiger charge is 2.28. The van der Waals surface area contributed by atoms with E-state index in [1.54, 1.807) is 12.1 Å². The van der Waals surface area contributed by atoms with Gasteiger partial charge in [-0.2, -0.15) is 0 Å². The molecule has 0 aliphatic carbocycles. The summed E-state index contributed by atoms with van der Waals surface area (Å²) >= 11 is 0. The fraction of sp³-hybridized carbons (Fsp3) is 0.556. The molecule has 0 saturated carbocycles. The number of halogens is 1. The molecule has 2 amide bonds. The molecule has 1 fully saturated rings. The van der Waals surface area contributed by atoms with Crippen molar-refractivity contribution < 1.29 is 22.4 Å². The number of hydrogen-bond donors (Lipinski definition) is 2. The molecule has 0 aromatic heterocycles. The summed E-state index contributed by atoms with van der Waals surface area (Å²) in [5.41, 5.74) is 0.893. The van der Waals surface area contributed by atoms with Gasteiger partial charge < -0.3 is 10.6 Å². The summed E-state index contributed by atoms with van der Waals surface area (Å²) in [6.45, 7) is 1.83. The summed E-state index contributed by atoms with van der Waals surface area (Å²) in [5, 5.41) is 5.20. The first kappa shape index (κ1) is 20.4. The van der Waals surface area contributed by atoms with Crippen LogP contribution in [0.5, 0.6) is 0 Å². The standard InChI is InChI=1S/C18H25FN2O4S/c1-2-3-14(13-4-6-15(19)7-5-13)10-17(22)20-11-18(23)21-16-8-9-26(24,25)12-16/h4-7,14,16H,2-3,8-12H2,1H3,(H,20,22)(H,21,23). The van der Waals surface area contributed by atoms with Gasteiger partial charge in [0.25, 0.3) is 0 Å². The van der Waals surface area contributed by atoms with Crippen LogP contribution < -0.4 is 10.6 Å². The Morgan fingerprint density at radius 2 is 1.92 bits per heavy atom. The van der Waals surface area contributed by atoms with Crippen LogP contribution in [0.2, 0.25) is 0 Å². The van der Waals surface area contributed by atoms with Gasteiger partial charge >= 0.3 is 0 Å². The van der Waals surface area contributed by atoms with Gasteiger partial charge in [0.2, 0.25) is 11.8 Å². The molecule has 8 heteroatoms. The minimum atomic E-state index is -3.06. The molecule has 2 atom stereocenters. The van der Waals surface area contributed by atoms with Gasteiger partial charge in [-0.25, -0.2) is 12.8 Å². The average Bonchev–Trinajstić information content (AvgIpc) is 2.92. The van der Waals surface area contributed by atoms with Crippen molar-refractivity contribution in [3.8, 4) is 0 Å². The van der Waals surface area contributed by atoms with Gasteiger partial charge in [-0.1, -0.05) is 25.5 Å². The third-order valence-corrected chi connectivity index (χ3v) is 6.22. The second-order valence-electron chi connectivity index (χ2n) is 6.69. The lowest BCUT2D eigenvalue weighted by molar-refractivity contribution is -0.126. The third-order valence-electron chi connectivity index (χ3n) is 4.45. The Balaban J connectivity index is 1.80. The van der Waals surface area contributed by atoms with E-state index in [4.69, 9.17) is 0 Å². The molecular formula is C18H25FN2O4S. The van der Waals surface area contributed by atoms with Crippen molar-refractivity contribution in [2.75, 3.05) is 18.1 Å². The Hall–Kier alpha value is -1.96. The minimum Gasteiger partial charge on any atom is -0.351 e. The Morgan fingerprint density at radius 3 is 2.50 bits per heavy atom. The molecular weight excluding hydrogens is 359 g/mol. The number of hydrogen-bond acceptors (Lipinski definition) is 4. The summed E-state index contributed by atoms with van der Waals surface area (Å²) in [6, 6.07) is 5.72. The molecule has 26 heavy (non-hydrogen) atoms. The molecule has 1 heterocycles. The second-order valence-corrected chi connectivity index (χ2v) is 8.91. The van der Waals surface area contributed by atoms with Gasteiger partial charge in [-0.3, -0.25) is 9.59 Å². The van der Waals surface area contributed by atoms with E-state index in [9.17, 15) is 22.4 Å². The van der Waals surface area contributed by atoms with Crippen LogP contribution in [0.4, 0.5) is 4.39 Å². The zero-order valence-corrected chi connectivity index (χ0v) is 15.6. The van der Waals surface area contributed by atoms with Crippen LogP contribution >= 0.6 is 0 Å². The smallest absolute Gasteiger partial charge is 0.239 e. The first-order chi connectivity index (χ1) is 12.3. The lowest BCUT2D eigenvalue weighted by atomic mass is 9.91. The fourth-order valence-electron chi connectivity index (χ4n) is 3.13. The predicted molar refractivity (Wildman–Crippen MR) is 96.9 cm³/mol. The Kier molecular flexibility index (Phi) is 7.14. The Labute approximate surface area is 153 Å². The van der Waals surface area contributed by atoms with Crippen LogP contribution in [-0.2, 0) is 19.4 Å². The molecule has 2 rings (SSSR count). The third kappa shape index (κ3) is 6.40. The predicted octanol–water partition coefficient (Wildman–Crippen LogP) is 1.52. The molecule has 2 N–H and O–H groups in total. The van der Waals surface area contributed by atoms with Crippen LogP contribution in [-0.4, -0.2) is 44.3 Å². The zero-order chi connectivity index (χ0) is 19.2. The van der Waals surface area contributed by atoms with Gasteiger partial charge in [0.1, 0.15) is 5.82 Å². The molecule has 144 valence electrons. The average molecular weight is 384 g/mol. The van der Waals surface area contributed by atoms with E-state index in [-0.39, 0.29) is 48.2 Å². The van der Waals surface area contributed by atoms with E-state index >= 15 is 0 Å². The molecule has 1 aromatic rings. The van der Waals surface area contributed by atoms with Gasteiger partial charge in [0, 0.05) is 12.5 Å². The molecule has 1 saturated heterocycles. The monoisotopic (exact) mass is 384 g/mol. The van der Waals surface area contributed by atoms with Gasteiger partial charge in [-0.15, -0.1) is 0 Å². The Morgan fingerprint density at radius 1 is 1.23 bits per heavy atom. The number of carbonyl (C=O) groups excluding carboxylic acids is 2. The van der Waals surface area contributed by atoms with Crippen LogP contribution in [0.1, 0.15) is 44.1 Å². The van der Waals surface area contributed by atoms with Crippen LogP contribution in [0.15, 0.2) is 24.3 Å². The van der Waals surface area contributed by atoms with Crippen molar-refractivity contribution in [2.24, 2.45) is 0 Å².